The molecule has 1 atom stereocenters. The number of amides is 2. The van der Waals surface area contributed by atoms with Crippen molar-refractivity contribution in [3.8, 4) is 0 Å². The normalized spacial score (nSPS) is 16.9. The summed E-state index contributed by atoms with van der Waals surface area (Å²) < 4.78 is 5.48. The van der Waals surface area contributed by atoms with Crippen LogP contribution in [0.3, 0.4) is 0 Å². The minimum Gasteiger partial charge on any atom is -0.441 e. The van der Waals surface area contributed by atoms with Gasteiger partial charge in [-0.15, -0.1) is 0 Å². The predicted molar refractivity (Wildman–Crippen MR) is 104 cm³/mol. The quantitative estimate of drug-likeness (QED) is 0.769. The number of hydrogen-bond donors (Lipinski definition) is 1. The Kier molecular flexibility index (Phi) is 4.18. The summed E-state index contributed by atoms with van der Waals surface area (Å²) >= 11 is 0. The Bertz CT molecular complexity index is 1030. The second-order valence-corrected chi connectivity index (χ2v) is 7.16. The van der Waals surface area contributed by atoms with Crippen molar-refractivity contribution in [2.45, 2.75) is 27.2 Å². The number of fused-ring (bicyclic) bond motifs is 1. The number of hydrogen-bond acceptors (Lipinski definition) is 4. The van der Waals surface area contributed by atoms with Crippen molar-refractivity contribution in [3.05, 3.63) is 53.4 Å². The third-order valence-corrected chi connectivity index (χ3v) is 4.77. The van der Waals surface area contributed by atoms with Crippen LogP contribution in [0, 0.1) is 26.7 Å². The zero-order valence-corrected chi connectivity index (χ0v) is 15.6. The van der Waals surface area contributed by atoms with Crippen LogP contribution in [0.1, 0.15) is 23.4 Å². The van der Waals surface area contributed by atoms with E-state index in [-0.39, 0.29) is 24.2 Å². The molecule has 1 fully saturated rings. The van der Waals surface area contributed by atoms with Gasteiger partial charge in [0.15, 0.2) is 11.5 Å². The first-order valence-corrected chi connectivity index (χ1v) is 8.96. The van der Waals surface area contributed by atoms with Crippen LogP contribution in [-0.4, -0.2) is 23.3 Å². The van der Waals surface area contributed by atoms with Gasteiger partial charge in [-0.2, -0.15) is 0 Å². The zero-order valence-electron chi connectivity index (χ0n) is 15.6. The maximum absolute atomic E-state index is 12.7. The molecular formula is C21H21N3O3. The molecule has 2 amide bonds. The van der Waals surface area contributed by atoms with Crippen molar-refractivity contribution < 1.29 is 14.0 Å². The van der Waals surface area contributed by atoms with E-state index < -0.39 is 0 Å². The van der Waals surface area contributed by atoms with Crippen molar-refractivity contribution in [1.82, 2.24) is 4.98 Å². The molecule has 1 aromatic heterocycles. The standard InChI is InChI=1S/C21H21N3O3/c1-12-6-13(2)8-16(7-12)23-21(26)15-9-20(25)24(11-15)17-4-5-19-18(10-17)22-14(3)27-19/h4-8,10,15H,9,11H2,1-3H3,(H,23,26)/t15-/m0/s1. The molecule has 2 heterocycles. The molecule has 0 saturated carbocycles. The second-order valence-electron chi connectivity index (χ2n) is 7.16. The number of nitrogens with zero attached hydrogens (tertiary/aromatic N) is 2. The van der Waals surface area contributed by atoms with Crippen LogP contribution in [0.4, 0.5) is 11.4 Å². The van der Waals surface area contributed by atoms with Crippen LogP contribution in [0.5, 0.6) is 0 Å². The molecule has 3 aromatic rings. The molecule has 138 valence electrons. The Morgan fingerprint density at radius 3 is 2.63 bits per heavy atom. The van der Waals surface area contributed by atoms with E-state index in [0.29, 0.717) is 23.5 Å². The number of rotatable bonds is 3. The fourth-order valence-corrected chi connectivity index (χ4v) is 3.62. The summed E-state index contributed by atoms with van der Waals surface area (Å²) in [6.45, 7) is 6.13. The maximum atomic E-state index is 12.7. The first-order valence-electron chi connectivity index (χ1n) is 8.96. The second kappa shape index (κ2) is 6.54. The summed E-state index contributed by atoms with van der Waals surface area (Å²) in [5.74, 6) is 0.0120. The minimum atomic E-state index is -0.381. The van der Waals surface area contributed by atoms with E-state index in [1.54, 1.807) is 17.9 Å². The lowest BCUT2D eigenvalue weighted by Gasteiger charge is -2.16. The maximum Gasteiger partial charge on any atom is 0.229 e. The smallest absolute Gasteiger partial charge is 0.229 e. The van der Waals surface area contributed by atoms with Crippen LogP contribution in [0.2, 0.25) is 0 Å². The minimum absolute atomic E-state index is 0.0601. The molecule has 2 aromatic carbocycles. The number of carbonyl (C=O) groups is 2. The van der Waals surface area contributed by atoms with E-state index >= 15 is 0 Å². The van der Waals surface area contributed by atoms with E-state index in [9.17, 15) is 9.59 Å². The summed E-state index contributed by atoms with van der Waals surface area (Å²) in [5.41, 5.74) is 5.08. The summed E-state index contributed by atoms with van der Waals surface area (Å²) in [6.07, 6.45) is 0.201. The molecule has 0 unspecified atom stereocenters. The summed E-state index contributed by atoms with van der Waals surface area (Å²) in [4.78, 5) is 31.1. The lowest BCUT2D eigenvalue weighted by atomic mass is 10.1. The van der Waals surface area contributed by atoms with E-state index in [4.69, 9.17) is 4.42 Å². The van der Waals surface area contributed by atoms with E-state index in [1.165, 1.54) is 0 Å². The number of aromatic nitrogens is 1. The average molecular weight is 363 g/mol. The Hall–Kier alpha value is -3.15. The highest BCUT2D eigenvalue weighted by Gasteiger charge is 2.35. The zero-order chi connectivity index (χ0) is 19.1. The molecule has 0 spiro atoms. The molecule has 6 nitrogen and oxygen atoms in total. The highest BCUT2D eigenvalue weighted by Crippen LogP contribution is 2.29. The number of aryl methyl sites for hydroxylation is 3. The topological polar surface area (TPSA) is 75.4 Å². The average Bonchev–Trinajstić information content (AvgIpc) is 3.14. The fourth-order valence-electron chi connectivity index (χ4n) is 3.62. The molecule has 1 aliphatic heterocycles. The number of carbonyl (C=O) groups excluding carboxylic acids is 2. The highest BCUT2D eigenvalue weighted by atomic mass is 16.3. The highest BCUT2D eigenvalue weighted by molar-refractivity contribution is 6.04. The van der Waals surface area contributed by atoms with Crippen molar-refractivity contribution in [3.63, 3.8) is 0 Å². The van der Waals surface area contributed by atoms with Crippen LogP contribution < -0.4 is 10.2 Å². The molecule has 0 bridgehead atoms. The van der Waals surface area contributed by atoms with Crippen LogP contribution in [0.15, 0.2) is 40.8 Å². The van der Waals surface area contributed by atoms with Gasteiger partial charge < -0.3 is 14.6 Å². The molecule has 0 aliphatic carbocycles. The molecular weight excluding hydrogens is 342 g/mol. The van der Waals surface area contributed by atoms with Gasteiger partial charge in [-0.25, -0.2) is 4.98 Å². The lowest BCUT2D eigenvalue weighted by Crippen LogP contribution is -2.28. The third kappa shape index (κ3) is 3.43. The van der Waals surface area contributed by atoms with E-state index in [2.05, 4.69) is 16.4 Å². The largest absolute Gasteiger partial charge is 0.441 e. The Labute approximate surface area is 157 Å². The van der Waals surface area contributed by atoms with Crippen LogP contribution in [0.25, 0.3) is 11.1 Å². The Morgan fingerprint density at radius 2 is 1.89 bits per heavy atom. The van der Waals surface area contributed by atoms with Gasteiger partial charge >= 0.3 is 0 Å². The number of nitrogens with one attached hydrogen (secondary N) is 1. The monoisotopic (exact) mass is 363 g/mol. The first kappa shape index (κ1) is 17.3. The van der Waals surface area contributed by atoms with Crippen LogP contribution in [-0.2, 0) is 9.59 Å². The Balaban J connectivity index is 1.51. The summed E-state index contributed by atoms with van der Waals surface area (Å²) in [6, 6.07) is 11.4. The van der Waals surface area contributed by atoms with Gasteiger partial charge in [0, 0.05) is 31.3 Å². The number of benzene rings is 2. The molecule has 1 saturated heterocycles. The van der Waals surface area contributed by atoms with Crippen LogP contribution >= 0.6 is 0 Å². The van der Waals surface area contributed by atoms with Crippen molar-refractivity contribution >= 4 is 34.3 Å². The van der Waals surface area contributed by atoms with Crippen molar-refractivity contribution in [2.75, 3.05) is 16.8 Å². The lowest BCUT2D eigenvalue weighted by molar-refractivity contribution is -0.122. The first-order chi connectivity index (χ1) is 12.9. The van der Waals surface area contributed by atoms with Gasteiger partial charge in [0.25, 0.3) is 0 Å². The predicted octanol–water partition coefficient (Wildman–Crippen LogP) is 3.74. The number of anilines is 2. The molecule has 1 N–H and O–H groups in total. The van der Waals surface area contributed by atoms with Gasteiger partial charge in [0.05, 0.1) is 5.92 Å². The van der Waals surface area contributed by atoms with Gasteiger partial charge in [-0.05, 0) is 55.3 Å². The van der Waals surface area contributed by atoms with E-state index in [1.807, 2.05) is 38.1 Å². The van der Waals surface area contributed by atoms with Gasteiger partial charge in [0.1, 0.15) is 5.52 Å². The molecule has 6 heteroatoms. The van der Waals surface area contributed by atoms with E-state index in [0.717, 1.165) is 22.5 Å². The Morgan fingerprint density at radius 1 is 1.15 bits per heavy atom. The van der Waals surface area contributed by atoms with Gasteiger partial charge in [-0.3, -0.25) is 9.59 Å². The third-order valence-electron chi connectivity index (χ3n) is 4.77. The molecule has 0 radical (unpaired) electrons. The summed E-state index contributed by atoms with van der Waals surface area (Å²) in [5, 5.41) is 2.95. The van der Waals surface area contributed by atoms with Gasteiger partial charge in [0.2, 0.25) is 11.8 Å². The summed E-state index contributed by atoms with van der Waals surface area (Å²) in [7, 11) is 0. The molecule has 1 aliphatic rings. The molecule has 27 heavy (non-hydrogen) atoms. The van der Waals surface area contributed by atoms with Crippen molar-refractivity contribution in [2.24, 2.45) is 5.92 Å². The van der Waals surface area contributed by atoms with Gasteiger partial charge in [-0.1, -0.05) is 6.07 Å². The molecule has 4 rings (SSSR count). The number of oxazole rings is 1. The van der Waals surface area contributed by atoms with Crippen molar-refractivity contribution in [1.29, 1.82) is 0 Å². The fraction of sp³-hybridized carbons (Fsp3) is 0.286. The SMILES string of the molecule is Cc1cc(C)cc(NC(=O)[C@H]2CC(=O)N(c3ccc4oc(C)nc4c3)C2)c1.